The number of aliphatic imine (C=N–C) groups is 1. The molecule has 0 saturated heterocycles. The van der Waals surface area contributed by atoms with Crippen LogP contribution < -0.4 is 19.9 Å². The molecule has 0 radical (unpaired) electrons. The minimum atomic E-state index is -1.59. The van der Waals surface area contributed by atoms with Crippen molar-refractivity contribution < 1.29 is 38.0 Å². The average molecular weight is 588 g/mol. The van der Waals surface area contributed by atoms with Crippen molar-refractivity contribution in [1.29, 1.82) is 5.41 Å². The van der Waals surface area contributed by atoms with Gasteiger partial charge in [-0.1, -0.05) is 12.1 Å². The molecule has 0 fully saturated rings. The Balaban J connectivity index is 1.78. The number of aromatic nitrogens is 1. The van der Waals surface area contributed by atoms with Gasteiger partial charge >= 0.3 is 5.97 Å². The fourth-order valence-corrected chi connectivity index (χ4v) is 4.29. The van der Waals surface area contributed by atoms with E-state index in [2.05, 4.69) is 9.98 Å². The maximum absolute atomic E-state index is 15.7. The lowest BCUT2D eigenvalue weighted by Gasteiger charge is -2.19. The van der Waals surface area contributed by atoms with E-state index in [9.17, 15) is 15.0 Å². The number of phenols is 1. The third-order valence-corrected chi connectivity index (χ3v) is 6.58. The van der Waals surface area contributed by atoms with Crippen molar-refractivity contribution in [2.45, 2.75) is 12.5 Å². The smallest absolute Gasteiger partial charge is 0.344 e. The number of nitrogens with two attached hydrogens (primary N) is 1. The quantitative estimate of drug-likeness (QED) is 0.178. The molecule has 0 spiro atoms. The number of carboxylic acids is 1. The summed E-state index contributed by atoms with van der Waals surface area (Å²) in [5.74, 6) is -7.02. The largest absolute Gasteiger partial charge is 0.504 e. The molecule has 0 bridgehead atoms. The van der Waals surface area contributed by atoms with Crippen molar-refractivity contribution in [2.75, 3.05) is 32.1 Å². The molecule has 1 aromatic heterocycles. The Morgan fingerprint density at radius 1 is 1.20 bits per heavy atom. The summed E-state index contributed by atoms with van der Waals surface area (Å²) < 4.78 is 47.7. The second-order valence-electron chi connectivity index (χ2n) is 8.86. The lowest BCUT2D eigenvalue weighted by Crippen LogP contribution is -2.28. The van der Waals surface area contributed by atoms with Gasteiger partial charge in [0.1, 0.15) is 17.4 Å². The van der Waals surface area contributed by atoms with E-state index in [1.165, 1.54) is 30.0 Å². The Morgan fingerprint density at radius 2 is 1.93 bits per heavy atom. The first-order valence-electron chi connectivity index (χ1n) is 12.3. The van der Waals surface area contributed by atoms with Crippen molar-refractivity contribution in [3.05, 3.63) is 65.2 Å². The molecular formula is C27H27F2N5O6S. The van der Waals surface area contributed by atoms with E-state index in [0.717, 1.165) is 12.6 Å². The first-order chi connectivity index (χ1) is 19.6. The standard InChI is InChI=1S/C27H27F2N5O6S/c1-34-10-9-32-24(34)15-4-3-5-16(12-15)38-25-20(28)22(39-18(27(36)37)8-11-41-2)21(29)26(33-25)40-19-13-14(23(30)31)6-7-17(19)35/h3-7,12-13,18,35H,8-11H2,1-2H3,(H3,30,31)(H,36,37). The average Bonchev–Trinajstić information content (AvgIpc) is 3.37. The molecule has 11 nitrogen and oxygen atoms in total. The van der Waals surface area contributed by atoms with Crippen LogP contribution in [0.4, 0.5) is 8.78 Å². The Bertz CT molecular complexity index is 1510. The summed E-state index contributed by atoms with van der Waals surface area (Å²) in [6.07, 6.45) is 0.0985. The number of hydrogen-bond donors (Lipinski definition) is 4. The first kappa shape index (κ1) is 29.4. The number of benzene rings is 2. The van der Waals surface area contributed by atoms with Gasteiger partial charge in [0, 0.05) is 31.1 Å². The van der Waals surface area contributed by atoms with Crippen molar-refractivity contribution in [3.8, 4) is 34.8 Å². The van der Waals surface area contributed by atoms with Crippen LogP contribution in [-0.4, -0.2) is 76.0 Å². The number of amidine groups is 2. The lowest BCUT2D eigenvalue weighted by atomic mass is 10.2. The summed E-state index contributed by atoms with van der Waals surface area (Å²) in [6, 6.07) is 10.2. The molecule has 14 heteroatoms. The summed E-state index contributed by atoms with van der Waals surface area (Å²) in [5.41, 5.74) is 6.33. The highest BCUT2D eigenvalue weighted by Gasteiger charge is 2.30. The summed E-state index contributed by atoms with van der Waals surface area (Å²) in [5, 5.41) is 27.4. The van der Waals surface area contributed by atoms with Gasteiger partial charge in [0.2, 0.25) is 17.4 Å². The van der Waals surface area contributed by atoms with Crippen LogP contribution in [0.25, 0.3) is 0 Å². The monoisotopic (exact) mass is 587 g/mol. The van der Waals surface area contributed by atoms with Gasteiger partial charge in [-0.05, 0) is 42.3 Å². The second kappa shape index (κ2) is 12.7. The van der Waals surface area contributed by atoms with Crippen molar-refractivity contribution in [3.63, 3.8) is 0 Å². The molecule has 1 unspecified atom stereocenters. The van der Waals surface area contributed by atoms with E-state index in [-0.39, 0.29) is 29.3 Å². The highest BCUT2D eigenvalue weighted by molar-refractivity contribution is 7.98. The Morgan fingerprint density at radius 3 is 2.56 bits per heavy atom. The molecule has 2 aromatic carbocycles. The van der Waals surface area contributed by atoms with Gasteiger partial charge in [-0.3, -0.25) is 10.4 Å². The van der Waals surface area contributed by atoms with Crippen LogP contribution in [0.5, 0.6) is 34.8 Å². The zero-order valence-electron chi connectivity index (χ0n) is 22.1. The molecule has 1 aliphatic heterocycles. The van der Waals surface area contributed by atoms with E-state index >= 15 is 8.78 Å². The number of phenolic OH excluding ortho intramolecular Hbond substituents is 1. The second-order valence-corrected chi connectivity index (χ2v) is 9.85. The van der Waals surface area contributed by atoms with Crippen molar-refractivity contribution in [1.82, 2.24) is 9.88 Å². The molecule has 1 aliphatic rings. The highest BCUT2D eigenvalue weighted by atomic mass is 32.2. The minimum Gasteiger partial charge on any atom is -0.504 e. The number of likely N-dealkylation sites (N-methyl/N-ethyl adjacent to an activating group) is 1. The minimum absolute atomic E-state index is 0.0524. The summed E-state index contributed by atoms with van der Waals surface area (Å²) in [4.78, 5) is 22.0. The van der Waals surface area contributed by atoms with Gasteiger partial charge in [-0.25, -0.2) is 4.79 Å². The van der Waals surface area contributed by atoms with Gasteiger partial charge < -0.3 is 35.1 Å². The molecule has 5 N–H and O–H groups in total. The maximum atomic E-state index is 15.7. The zero-order valence-corrected chi connectivity index (χ0v) is 22.9. The number of carbonyl (C=O) groups is 1. The molecular weight excluding hydrogens is 560 g/mol. The Kier molecular flexibility index (Phi) is 9.12. The predicted octanol–water partition coefficient (Wildman–Crippen LogP) is 4.21. The van der Waals surface area contributed by atoms with Gasteiger partial charge in [0.05, 0.1) is 6.54 Å². The van der Waals surface area contributed by atoms with E-state index in [4.69, 9.17) is 25.4 Å². The van der Waals surface area contributed by atoms with Crippen LogP contribution >= 0.6 is 11.8 Å². The topological polar surface area (TPSA) is 164 Å². The first-order valence-corrected chi connectivity index (χ1v) is 13.6. The van der Waals surface area contributed by atoms with Crippen LogP contribution in [0, 0.1) is 17.0 Å². The van der Waals surface area contributed by atoms with Crippen LogP contribution in [-0.2, 0) is 4.79 Å². The molecule has 3 aromatic rings. The summed E-state index contributed by atoms with van der Waals surface area (Å²) in [6.45, 7) is 1.35. The maximum Gasteiger partial charge on any atom is 0.344 e. The number of rotatable bonds is 12. The number of hydrogen-bond acceptors (Lipinski definition) is 10. The van der Waals surface area contributed by atoms with Crippen molar-refractivity contribution in [2.24, 2.45) is 10.7 Å². The predicted molar refractivity (Wildman–Crippen MR) is 149 cm³/mol. The molecule has 0 saturated carbocycles. The number of halogens is 2. The summed E-state index contributed by atoms with van der Waals surface area (Å²) in [7, 11) is 1.88. The molecule has 0 amide bonds. The van der Waals surface area contributed by atoms with Gasteiger partial charge in [-0.2, -0.15) is 25.5 Å². The molecule has 41 heavy (non-hydrogen) atoms. The molecule has 2 heterocycles. The van der Waals surface area contributed by atoms with Crippen LogP contribution in [0.3, 0.4) is 0 Å². The molecule has 216 valence electrons. The zero-order chi connectivity index (χ0) is 29.7. The number of thioether (sulfide) groups is 1. The van der Waals surface area contributed by atoms with Crippen LogP contribution in [0.15, 0.2) is 47.5 Å². The van der Waals surface area contributed by atoms with Gasteiger partial charge in [-0.15, -0.1) is 0 Å². The van der Waals surface area contributed by atoms with E-state index < -0.39 is 47.0 Å². The Hall–Kier alpha value is -4.59. The third kappa shape index (κ3) is 6.77. The van der Waals surface area contributed by atoms with Crippen molar-refractivity contribution >= 4 is 29.4 Å². The van der Waals surface area contributed by atoms with E-state index in [0.29, 0.717) is 23.7 Å². The lowest BCUT2D eigenvalue weighted by molar-refractivity contribution is -0.145. The fourth-order valence-electron chi connectivity index (χ4n) is 3.84. The number of pyridine rings is 1. The number of nitrogens with one attached hydrogen (secondary N) is 1. The normalized spacial score (nSPS) is 13.5. The van der Waals surface area contributed by atoms with Gasteiger partial charge in [0.15, 0.2) is 17.6 Å². The molecule has 0 aliphatic carbocycles. The third-order valence-electron chi connectivity index (χ3n) is 5.94. The summed E-state index contributed by atoms with van der Waals surface area (Å²) >= 11 is 1.33. The Labute approximate surface area is 238 Å². The van der Waals surface area contributed by atoms with Crippen LogP contribution in [0.2, 0.25) is 0 Å². The number of ether oxygens (including phenoxy) is 3. The molecule has 4 rings (SSSR count). The SMILES string of the molecule is CSCCC(Oc1c(F)c(Oc2cccc(C3=NCCN3C)c2)nc(Oc2cc(C(=N)N)ccc2O)c1F)C(=O)O. The van der Waals surface area contributed by atoms with E-state index in [1.54, 1.807) is 24.5 Å². The number of nitrogens with zero attached hydrogens (tertiary/aromatic N) is 3. The van der Waals surface area contributed by atoms with Crippen LogP contribution in [0.1, 0.15) is 17.5 Å². The number of aliphatic carboxylic acids is 1. The number of carboxylic acid groups (broad SMARTS) is 1. The van der Waals surface area contributed by atoms with E-state index in [1.807, 2.05) is 11.9 Å². The number of nitrogen functional groups attached to an aromatic ring is 1. The fraction of sp³-hybridized carbons (Fsp3) is 0.259. The number of aromatic hydroxyl groups is 1. The molecule has 1 atom stereocenters. The van der Waals surface area contributed by atoms with Gasteiger partial charge in [0.25, 0.3) is 11.8 Å². The highest BCUT2D eigenvalue weighted by Crippen LogP contribution is 2.40.